The SMILES string of the molecule is Cl.O=C(NC1C2CC3CC(C2)CC1C3)c1cnn(CCNC(=O)N2CCNCC2)c1OCC1CCCCC1. The zero-order valence-electron chi connectivity index (χ0n) is 22.5. The highest BCUT2D eigenvalue weighted by atomic mass is 35.5. The molecular weight excluding hydrogens is 504 g/mol. The van der Waals surface area contributed by atoms with Gasteiger partial charge in [-0.05, 0) is 74.5 Å². The Bertz CT molecular complexity index is 930. The summed E-state index contributed by atoms with van der Waals surface area (Å²) < 4.78 is 8.13. The molecule has 1 aromatic heterocycles. The number of amides is 3. The van der Waals surface area contributed by atoms with Gasteiger partial charge >= 0.3 is 6.03 Å². The molecule has 1 aromatic rings. The lowest BCUT2D eigenvalue weighted by atomic mass is 9.54. The number of piperazine rings is 1. The molecule has 1 saturated heterocycles. The van der Waals surface area contributed by atoms with Crippen LogP contribution in [0.15, 0.2) is 6.20 Å². The van der Waals surface area contributed by atoms with Crippen molar-refractivity contribution < 1.29 is 14.3 Å². The number of carbonyl (C=O) groups excluding carboxylic acids is 2. The highest BCUT2D eigenvalue weighted by Crippen LogP contribution is 2.53. The molecule has 0 aromatic carbocycles. The number of rotatable bonds is 8. The lowest BCUT2D eigenvalue weighted by Crippen LogP contribution is -2.55. The van der Waals surface area contributed by atoms with Crippen LogP contribution in [-0.2, 0) is 6.54 Å². The van der Waals surface area contributed by atoms with Crippen molar-refractivity contribution in [2.45, 2.75) is 76.8 Å². The van der Waals surface area contributed by atoms with Crippen LogP contribution < -0.4 is 20.7 Å². The number of urea groups is 1. The summed E-state index contributed by atoms with van der Waals surface area (Å²) in [4.78, 5) is 27.9. The van der Waals surface area contributed by atoms with Gasteiger partial charge in [-0.2, -0.15) is 5.10 Å². The summed E-state index contributed by atoms with van der Waals surface area (Å²) in [6.07, 6.45) is 14.4. The molecule has 0 unspecified atom stereocenters. The average Bonchev–Trinajstić information content (AvgIpc) is 3.33. The molecule has 3 N–H and O–H groups in total. The Morgan fingerprint density at radius 1 is 1.00 bits per heavy atom. The molecule has 4 bridgehead atoms. The van der Waals surface area contributed by atoms with Crippen molar-refractivity contribution in [3.05, 3.63) is 11.8 Å². The van der Waals surface area contributed by atoms with Crippen molar-refractivity contribution >= 4 is 24.3 Å². The maximum atomic E-state index is 13.6. The first-order valence-electron chi connectivity index (χ1n) is 14.9. The van der Waals surface area contributed by atoms with E-state index in [0.29, 0.717) is 48.9 Å². The van der Waals surface area contributed by atoms with Gasteiger partial charge in [-0.15, -0.1) is 12.4 Å². The zero-order chi connectivity index (χ0) is 25.2. The van der Waals surface area contributed by atoms with Gasteiger partial charge in [-0.25, -0.2) is 9.48 Å². The quantitative estimate of drug-likeness (QED) is 0.462. The molecule has 38 heavy (non-hydrogen) atoms. The molecular formula is C28H45ClN6O3. The summed E-state index contributed by atoms with van der Waals surface area (Å²) in [6, 6.07) is 0.242. The van der Waals surface area contributed by atoms with Crippen molar-refractivity contribution in [1.29, 1.82) is 0 Å². The van der Waals surface area contributed by atoms with E-state index in [-0.39, 0.29) is 30.4 Å². The van der Waals surface area contributed by atoms with Gasteiger partial charge in [0, 0.05) is 38.8 Å². The predicted octanol–water partition coefficient (Wildman–Crippen LogP) is 3.43. The molecule has 9 nitrogen and oxygen atoms in total. The van der Waals surface area contributed by atoms with Gasteiger partial charge in [-0.3, -0.25) is 4.79 Å². The molecule has 3 amide bonds. The van der Waals surface area contributed by atoms with E-state index in [2.05, 4.69) is 21.0 Å². The Labute approximate surface area is 232 Å². The smallest absolute Gasteiger partial charge is 0.317 e. The Balaban J connectivity index is 0.00000294. The zero-order valence-corrected chi connectivity index (χ0v) is 23.4. The van der Waals surface area contributed by atoms with Crippen molar-refractivity contribution in [1.82, 2.24) is 30.6 Å². The molecule has 212 valence electrons. The van der Waals surface area contributed by atoms with Crippen LogP contribution in [0, 0.1) is 29.6 Å². The second-order valence-corrected chi connectivity index (χ2v) is 12.3. The molecule has 1 aliphatic heterocycles. The van der Waals surface area contributed by atoms with Crippen LogP contribution >= 0.6 is 12.4 Å². The van der Waals surface area contributed by atoms with Crippen molar-refractivity contribution in [2.75, 3.05) is 39.3 Å². The Hall–Kier alpha value is -2.00. The third kappa shape index (κ3) is 6.09. The van der Waals surface area contributed by atoms with E-state index in [1.54, 1.807) is 10.9 Å². The maximum Gasteiger partial charge on any atom is 0.317 e. The number of carbonyl (C=O) groups is 2. The fraction of sp³-hybridized carbons (Fsp3) is 0.821. The third-order valence-electron chi connectivity index (χ3n) is 9.74. The number of hydrogen-bond acceptors (Lipinski definition) is 5. The van der Waals surface area contributed by atoms with Crippen LogP contribution in [0.25, 0.3) is 0 Å². The third-order valence-corrected chi connectivity index (χ3v) is 9.74. The van der Waals surface area contributed by atoms with E-state index in [1.807, 2.05) is 4.90 Å². The van der Waals surface area contributed by atoms with Gasteiger partial charge in [0.1, 0.15) is 5.56 Å². The van der Waals surface area contributed by atoms with Crippen LogP contribution in [0.1, 0.15) is 74.6 Å². The monoisotopic (exact) mass is 548 g/mol. The summed E-state index contributed by atoms with van der Waals surface area (Å²) >= 11 is 0. The summed E-state index contributed by atoms with van der Waals surface area (Å²) in [5, 5.41) is 14.3. The molecule has 6 aliphatic rings. The molecule has 0 atom stereocenters. The van der Waals surface area contributed by atoms with Gasteiger partial charge in [0.05, 0.1) is 19.3 Å². The molecule has 5 aliphatic carbocycles. The minimum absolute atomic E-state index is 0. The van der Waals surface area contributed by atoms with Gasteiger partial charge in [0.25, 0.3) is 5.91 Å². The van der Waals surface area contributed by atoms with Crippen LogP contribution in [-0.4, -0.2) is 72.0 Å². The van der Waals surface area contributed by atoms with Gasteiger partial charge in [0.2, 0.25) is 5.88 Å². The lowest BCUT2D eigenvalue weighted by Gasteiger charge is -2.54. The van der Waals surface area contributed by atoms with Crippen molar-refractivity contribution in [2.24, 2.45) is 29.6 Å². The summed E-state index contributed by atoms with van der Waals surface area (Å²) in [5.41, 5.74) is 0.540. The number of nitrogens with one attached hydrogen (secondary N) is 3. The fourth-order valence-electron chi connectivity index (χ4n) is 8.03. The number of halogens is 1. The van der Waals surface area contributed by atoms with Gasteiger partial charge in [-0.1, -0.05) is 19.3 Å². The number of hydrogen-bond donors (Lipinski definition) is 3. The second kappa shape index (κ2) is 12.5. The first-order valence-corrected chi connectivity index (χ1v) is 14.9. The molecule has 0 spiro atoms. The van der Waals surface area contributed by atoms with E-state index < -0.39 is 0 Å². The summed E-state index contributed by atoms with van der Waals surface area (Å²) in [6.45, 7) is 4.64. The molecule has 2 heterocycles. The van der Waals surface area contributed by atoms with E-state index in [0.717, 1.165) is 38.0 Å². The van der Waals surface area contributed by atoms with E-state index in [4.69, 9.17) is 4.74 Å². The largest absolute Gasteiger partial charge is 0.477 e. The minimum atomic E-state index is -0.0489. The number of aromatic nitrogens is 2. The van der Waals surface area contributed by atoms with E-state index in [1.165, 1.54) is 64.2 Å². The van der Waals surface area contributed by atoms with Crippen LogP contribution in [0.2, 0.25) is 0 Å². The minimum Gasteiger partial charge on any atom is -0.477 e. The van der Waals surface area contributed by atoms with E-state index >= 15 is 0 Å². The molecule has 6 fully saturated rings. The highest BCUT2D eigenvalue weighted by molar-refractivity contribution is 5.96. The fourth-order valence-corrected chi connectivity index (χ4v) is 8.03. The Morgan fingerprint density at radius 2 is 1.68 bits per heavy atom. The average molecular weight is 549 g/mol. The lowest BCUT2D eigenvalue weighted by molar-refractivity contribution is -0.0120. The Morgan fingerprint density at radius 3 is 2.37 bits per heavy atom. The van der Waals surface area contributed by atoms with Crippen LogP contribution in [0.4, 0.5) is 4.79 Å². The van der Waals surface area contributed by atoms with Gasteiger partial charge < -0.3 is 25.6 Å². The standard InChI is InChI=1S/C28H44N6O3.ClH/c35-26(32-25-22-13-20-12-21(15-22)16-23(25)14-20)24-17-31-34(27(24)37-18-19-4-2-1-3-5-19)11-8-30-28(36)33-9-6-29-7-10-33;/h17,19-23,25,29H,1-16,18H2,(H,30,36)(H,32,35);1H. The summed E-state index contributed by atoms with van der Waals surface area (Å²) in [7, 11) is 0. The van der Waals surface area contributed by atoms with Crippen LogP contribution in [0.3, 0.4) is 0 Å². The number of ether oxygens (including phenoxy) is 1. The summed E-state index contributed by atoms with van der Waals surface area (Å²) in [5.74, 6) is 4.05. The second-order valence-electron chi connectivity index (χ2n) is 12.3. The maximum absolute atomic E-state index is 13.6. The van der Waals surface area contributed by atoms with Crippen molar-refractivity contribution in [3.63, 3.8) is 0 Å². The Kier molecular flexibility index (Phi) is 9.03. The van der Waals surface area contributed by atoms with Crippen LogP contribution in [0.5, 0.6) is 5.88 Å². The predicted molar refractivity (Wildman–Crippen MR) is 148 cm³/mol. The van der Waals surface area contributed by atoms with Crippen molar-refractivity contribution in [3.8, 4) is 5.88 Å². The first kappa shape index (κ1) is 27.6. The normalized spacial score (nSPS) is 30.5. The highest BCUT2D eigenvalue weighted by Gasteiger charge is 2.48. The molecule has 0 radical (unpaired) electrons. The molecule has 10 heteroatoms. The molecule has 7 rings (SSSR count). The molecule has 5 saturated carbocycles. The topological polar surface area (TPSA) is 101 Å². The number of nitrogens with zero attached hydrogens (tertiary/aromatic N) is 3. The van der Waals surface area contributed by atoms with Gasteiger partial charge in [0.15, 0.2) is 0 Å². The first-order chi connectivity index (χ1) is 18.1. The van der Waals surface area contributed by atoms with E-state index in [9.17, 15) is 9.59 Å².